The zero-order valence-corrected chi connectivity index (χ0v) is 7.90. The lowest BCUT2D eigenvalue weighted by Crippen LogP contribution is -2.33. The lowest BCUT2D eigenvalue weighted by Gasteiger charge is -2.29. The van der Waals surface area contributed by atoms with E-state index in [1.165, 1.54) is 25.9 Å². The molecule has 64 valence electrons. The molecule has 1 rings (SSSR count). The van der Waals surface area contributed by atoms with Crippen molar-refractivity contribution in [1.82, 2.24) is 4.90 Å². The van der Waals surface area contributed by atoms with Gasteiger partial charge in [0.1, 0.15) is 0 Å². The molecule has 0 spiro atoms. The summed E-state index contributed by atoms with van der Waals surface area (Å²) >= 11 is 5.71. The van der Waals surface area contributed by atoms with Crippen LogP contribution in [0, 0.1) is 5.92 Å². The zero-order valence-electron chi connectivity index (χ0n) is 7.15. The summed E-state index contributed by atoms with van der Waals surface area (Å²) in [6, 6.07) is 0. The van der Waals surface area contributed by atoms with Crippen LogP contribution in [0.15, 0.2) is 11.6 Å². The van der Waals surface area contributed by atoms with Crippen molar-refractivity contribution in [3.05, 3.63) is 11.6 Å². The first-order valence-corrected chi connectivity index (χ1v) is 4.62. The molecule has 0 aromatic heterocycles. The van der Waals surface area contributed by atoms with Gasteiger partial charge in [-0.15, -0.1) is 0 Å². The maximum atomic E-state index is 5.71. The lowest BCUT2D eigenvalue weighted by atomic mass is 9.99. The van der Waals surface area contributed by atoms with E-state index in [4.69, 9.17) is 11.6 Å². The maximum Gasteiger partial charge on any atom is 0.0335 e. The fourth-order valence-corrected chi connectivity index (χ4v) is 1.63. The Bertz CT molecular complexity index is 136. The number of piperidine rings is 1. The van der Waals surface area contributed by atoms with E-state index in [0.29, 0.717) is 0 Å². The minimum Gasteiger partial charge on any atom is -0.298 e. The van der Waals surface area contributed by atoms with Crippen molar-refractivity contribution in [3.8, 4) is 0 Å². The quantitative estimate of drug-likeness (QED) is 0.620. The molecule has 0 aromatic rings. The van der Waals surface area contributed by atoms with Gasteiger partial charge in [0.05, 0.1) is 0 Å². The van der Waals surface area contributed by atoms with Gasteiger partial charge in [0.15, 0.2) is 0 Å². The molecule has 1 aliphatic heterocycles. The van der Waals surface area contributed by atoms with Crippen molar-refractivity contribution in [1.29, 1.82) is 0 Å². The zero-order chi connectivity index (χ0) is 8.27. The third-order valence-corrected chi connectivity index (χ3v) is 2.39. The molecule has 1 saturated heterocycles. The molecule has 1 aliphatic rings. The van der Waals surface area contributed by atoms with Crippen molar-refractivity contribution < 1.29 is 0 Å². The van der Waals surface area contributed by atoms with Gasteiger partial charge >= 0.3 is 0 Å². The number of hydrogen-bond donors (Lipinski definition) is 0. The molecule has 2 heteroatoms. The predicted octanol–water partition coefficient (Wildman–Crippen LogP) is 2.47. The summed E-state index contributed by atoms with van der Waals surface area (Å²) in [5.74, 6) is 0.898. The average molecular weight is 174 g/mol. The van der Waals surface area contributed by atoms with Crippen molar-refractivity contribution in [2.75, 3.05) is 19.6 Å². The van der Waals surface area contributed by atoms with Gasteiger partial charge in [-0.3, -0.25) is 4.90 Å². The molecule has 1 nitrogen and oxygen atoms in total. The molecule has 0 aliphatic carbocycles. The van der Waals surface area contributed by atoms with Crippen LogP contribution in [0.4, 0.5) is 0 Å². The molecule has 11 heavy (non-hydrogen) atoms. The molecule has 0 saturated carbocycles. The van der Waals surface area contributed by atoms with Gasteiger partial charge in [-0.2, -0.15) is 0 Å². The Labute approximate surface area is 74.0 Å². The smallest absolute Gasteiger partial charge is 0.0335 e. The van der Waals surface area contributed by atoms with E-state index in [1.54, 1.807) is 0 Å². The van der Waals surface area contributed by atoms with E-state index in [2.05, 4.69) is 18.4 Å². The highest BCUT2D eigenvalue weighted by atomic mass is 35.5. The van der Waals surface area contributed by atoms with Crippen molar-refractivity contribution in [2.24, 2.45) is 5.92 Å². The second-order valence-electron chi connectivity index (χ2n) is 3.48. The second kappa shape index (κ2) is 4.13. The summed E-state index contributed by atoms with van der Waals surface area (Å²) in [4.78, 5) is 2.37. The van der Waals surface area contributed by atoms with Gasteiger partial charge < -0.3 is 0 Å². The standard InChI is InChI=1S/C9H16ClN/c1-8-3-5-11(6-4-8)7-9(2)10/h8H,2-7H2,1H3. The van der Waals surface area contributed by atoms with Crippen LogP contribution in [0.2, 0.25) is 0 Å². The maximum absolute atomic E-state index is 5.71. The van der Waals surface area contributed by atoms with Crippen LogP contribution in [-0.4, -0.2) is 24.5 Å². The number of hydrogen-bond acceptors (Lipinski definition) is 1. The molecule has 0 bridgehead atoms. The first kappa shape index (κ1) is 9.08. The van der Waals surface area contributed by atoms with Crippen LogP contribution < -0.4 is 0 Å². The number of rotatable bonds is 2. The summed E-state index contributed by atoms with van der Waals surface area (Å²) < 4.78 is 0. The van der Waals surface area contributed by atoms with Gasteiger partial charge in [-0.05, 0) is 31.8 Å². The molecule has 1 fully saturated rings. The molecule has 0 aromatic carbocycles. The minimum absolute atomic E-state index is 0.763. The van der Waals surface area contributed by atoms with Crippen molar-refractivity contribution in [3.63, 3.8) is 0 Å². The Morgan fingerprint density at radius 1 is 1.55 bits per heavy atom. The van der Waals surface area contributed by atoms with Crippen LogP contribution >= 0.6 is 11.6 Å². The summed E-state index contributed by atoms with van der Waals surface area (Å²) in [7, 11) is 0. The molecule has 0 amide bonds. The third kappa shape index (κ3) is 3.26. The lowest BCUT2D eigenvalue weighted by molar-refractivity contribution is 0.209. The van der Waals surface area contributed by atoms with Gasteiger partial charge in [0.25, 0.3) is 0 Å². The Balaban J connectivity index is 2.22. The minimum atomic E-state index is 0.763. The fraction of sp³-hybridized carbons (Fsp3) is 0.778. The summed E-state index contributed by atoms with van der Waals surface area (Å²) in [6.07, 6.45) is 2.62. The monoisotopic (exact) mass is 173 g/mol. The van der Waals surface area contributed by atoms with Crippen LogP contribution in [0.1, 0.15) is 19.8 Å². The van der Waals surface area contributed by atoms with Crippen LogP contribution in [0.3, 0.4) is 0 Å². The Morgan fingerprint density at radius 3 is 2.55 bits per heavy atom. The molecule has 1 heterocycles. The molecule has 0 radical (unpaired) electrons. The third-order valence-electron chi connectivity index (χ3n) is 2.27. The Kier molecular flexibility index (Phi) is 3.41. The average Bonchev–Trinajstić information content (AvgIpc) is 1.93. The van der Waals surface area contributed by atoms with Gasteiger partial charge in [-0.25, -0.2) is 0 Å². The first-order chi connectivity index (χ1) is 5.18. The number of likely N-dealkylation sites (tertiary alicyclic amines) is 1. The Morgan fingerprint density at radius 2 is 2.09 bits per heavy atom. The predicted molar refractivity (Wildman–Crippen MR) is 49.8 cm³/mol. The van der Waals surface area contributed by atoms with Crippen LogP contribution in [0.25, 0.3) is 0 Å². The molecule has 0 atom stereocenters. The SMILES string of the molecule is C=C(Cl)CN1CCC(C)CC1. The Hall–Kier alpha value is -0.0100. The van der Waals surface area contributed by atoms with Gasteiger partial charge in [0.2, 0.25) is 0 Å². The highest BCUT2D eigenvalue weighted by Crippen LogP contribution is 2.16. The molecular formula is C9H16ClN. The summed E-state index contributed by atoms with van der Waals surface area (Å²) in [5.41, 5.74) is 0. The van der Waals surface area contributed by atoms with E-state index in [0.717, 1.165) is 17.5 Å². The summed E-state index contributed by atoms with van der Waals surface area (Å²) in [5, 5.41) is 0.763. The topological polar surface area (TPSA) is 3.24 Å². The van der Waals surface area contributed by atoms with E-state index in [1.807, 2.05) is 0 Å². The highest BCUT2D eigenvalue weighted by molar-refractivity contribution is 6.29. The van der Waals surface area contributed by atoms with Gasteiger partial charge in [0, 0.05) is 11.6 Å². The largest absolute Gasteiger partial charge is 0.298 e. The molecule has 0 N–H and O–H groups in total. The van der Waals surface area contributed by atoms with E-state index in [9.17, 15) is 0 Å². The molecule has 0 unspecified atom stereocenters. The van der Waals surface area contributed by atoms with E-state index < -0.39 is 0 Å². The number of halogens is 1. The van der Waals surface area contributed by atoms with Crippen LogP contribution in [0.5, 0.6) is 0 Å². The number of nitrogens with zero attached hydrogens (tertiary/aromatic N) is 1. The summed E-state index contributed by atoms with van der Waals surface area (Å²) in [6.45, 7) is 9.25. The first-order valence-electron chi connectivity index (χ1n) is 4.24. The van der Waals surface area contributed by atoms with Crippen molar-refractivity contribution in [2.45, 2.75) is 19.8 Å². The normalized spacial score (nSPS) is 22.0. The van der Waals surface area contributed by atoms with Crippen molar-refractivity contribution >= 4 is 11.6 Å². The highest BCUT2D eigenvalue weighted by Gasteiger charge is 2.14. The second-order valence-corrected chi connectivity index (χ2v) is 4.01. The fourth-order valence-electron chi connectivity index (χ4n) is 1.46. The van der Waals surface area contributed by atoms with E-state index >= 15 is 0 Å². The van der Waals surface area contributed by atoms with Gasteiger partial charge in [-0.1, -0.05) is 25.1 Å². The molecular weight excluding hydrogens is 158 g/mol. The van der Waals surface area contributed by atoms with Crippen LogP contribution in [-0.2, 0) is 0 Å². The van der Waals surface area contributed by atoms with E-state index in [-0.39, 0.29) is 0 Å².